The largest absolute Gasteiger partial charge is 0.462 e. The molecule has 0 spiro atoms. The van der Waals surface area contributed by atoms with Gasteiger partial charge in [-0.25, -0.2) is 9.10 Å². The Kier molecular flexibility index (Phi) is 6.37. The number of carbonyl (C=O) groups is 2. The summed E-state index contributed by atoms with van der Waals surface area (Å²) in [5.41, 5.74) is 2.51. The van der Waals surface area contributed by atoms with Crippen LogP contribution < -0.4 is 5.32 Å². The number of anilines is 1. The molecular weight excluding hydrogens is 370 g/mol. The number of hydrogen-bond acceptors (Lipinski definition) is 5. The average Bonchev–Trinajstić information content (AvgIpc) is 2.58. The first kappa shape index (κ1) is 20.6. The molecule has 9 heteroatoms. The molecular formula is C18H23N3O5S. The van der Waals surface area contributed by atoms with Gasteiger partial charge in [0.15, 0.2) is 0 Å². The second kappa shape index (κ2) is 8.34. The van der Waals surface area contributed by atoms with Crippen LogP contribution in [0.2, 0.25) is 0 Å². The summed E-state index contributed by atoms with van der Waals surface area (Å²) in [4.78, 5) is 24.4. The maximum atomic E-state index is 12.5. The van der Waals surface area contributed by atoms with Gasteiger partial charge in [-0.15, -0.1) is 4.40 Å². The normalized spacial score (nSPS) is 15.6. The molecule has 1 N–H and O–H groups in total. The van der Waals surface area contributed by atoms with E-state index in [4.69, 9.17) is 4.74 Å². The molecule has 0 atom stereocenters. The molecule has 1 aromatic rings. The van der Waals surface area contributed by atoms with Crippen molar-refractivity contribution < 1.29 is 22.7 Å². The average molecular weight is 393 g/mol. The number of esters is 1. The minimum atomic E-state index is -4.09. The van der Waals surface area contributed by atoms with Crippen LogP contribution >= 0.6 is 0 Å². The quantitative estimate of drug-likeness (QED) is 0.744. The predicted molar refractivity (Wildman–Crippen MR) is 103 cm³/mol. The number of amides is 1. The van der Waals surface area contributed by atoms with Crippen LogP contribution in [0.1, 0.15) is 31.9 Å². The molecule has 27 heavy (non-hydrogen) atoms. The Balaban J connectivity index is 2.24. The molecule has 1 amide bonds. The van der Waals surface area contributed by atoms with Crippen LogP contribution in [0.25, 0.3) is 0 Å². The van der Waals surface area contributed by atoms with Crippen LogP contribution in [0, 0.1) is 6.92 Å². The van der Waals surface area contributed by atoms with E-state index in [-0.39, 0.29) is 17.9 Å². The van der Waals surface area contributed by atoms with E-state index in [2.05, 4.69) is 9.71 Å². The zero-order valence-corrected chi connectivity index (χ0v) is 16.6. The molecule has 1 heterocycles. The lowest BCUT2D eigenvalue weighted by Gasteiger charge is -2.23. The third-order valence-electron chi connectivity index (χ3n) is 4.01. The molecule has 0 unspecified atom stereocenters. The number of carbonyl (C=O) groups excluding carboxylic acids is 2. The van der Waals surface area contributed by atoms with Crippen LogP contribution in [0.4, 0.5) is 5.69 Å². The van der Waals surface area contributed by atoms with Gasteiger partial charge < -0.3 is 10.1 Å². The Labute approximate surface area is 159 Å². The van der Waals surface area contributed by atoms with E-state index in [0.717, 1.165) is 28.1 Å². The fraction of sp³-hybridized carbons (Fsp3) is 0.389. The van der Waals surface area contributed by atoms with Crippen molar-refractivity contribution in [1.82, 2.24) is 4.31 Å². The molecule has 1 aromatic carbocycles. The van der Waals surface area contributed by atoms with Crippen LogP contribution in [-0.4, -0.2) is 43.5 Å². The predicted octanol–water partition coefficient (Wildman–Crippen LogP) is 1.96. The Morgan fingerprint density at radius 2 is 1.93 bits per heavy atom. The number of hydrogen-bond donors (Lipinski definition) is 1. The molecule has 8 nitrogen and oxygen atoms in total. The summed E-state index contributed by atoms with van der Waals surface area (Å²) < 4.78 is 33.7. The fourth-order valence-corrected chi connectivity index (χ4v) is 3.71. The third kappa shape index (κ3) is 4.73. The standard InChI is InChI=1S/C18H23N3O5S/c1-5-14-9-7-8-12(3)17(14)19-16(22)11-21-10-15(18(23)26-6-2)13(4)20-27(21,24)25/h7-10H,5-6,11H2,1-4H3,(H,19,22). The summed E-state index contributed by atoms with van der Waals surface area (Å²) >= 11 is 0. The summed E-state index contributed by atoms with van der Waals surface area (Å²) in [6, 6.07) is 5.65. The topological polar surface area (TPSA) is 105 Å². The van der Waals surface area contributed by atoms with Gasteiger partial charge in [-0.1, -0.05) is 25.1 Å². The van der Waals surface area contributed by atoms with E-state index < -0.39 is 28.6 Å². The van der Waals surface area contributed by atoms with Crippen molar-refractivity contribution in [2.24, 2.45) is 4.40 Å². The molecule has 0 saturated heterocycles. The maximum absolute atomic E-state index is 12.5. The van der Waals surface area contributed by atoms with Gasteiger partial charge >= 0.3 is 16.2 Å². The van der Waals surface area contributed by atoms with Crippen molar-refractivity contribution in [3.8, 4) is 0 Å². The summed E-state index contributed by atoms with van der Waals surface area (Å²) in [5, 5.41) is 2.76. The summed E-state index contributed by atoms with van der Waals surface area (Å²) in [5.74, 6) is -1.22. The van der Waals surface area contributed by atoms with Crippen LogP contribution in [0.15, 0.2) is 34.4 Å². The summed E-state index contributed by atoms with van der Waals surface area (Å²) in [6.45, 7) is 6.51. The molecule has 0 saturated carbocycles. The van der Waals surface area contributed by atoms with Gasteiger partial charge in [-0.05, 0) is 38.3 Å². The molecule has 1 aliphatic heterocycles. The highest BCUT2D eigenvalue weighted by Gasteiger charge is 2.30. The first-order valence-corrected chi connectivity index (χ1v) is 9.95. The molecule has 0 aromatic heterocycles. The highest BCUT2D eigenvalue weighted by Crippen LogP contribution is 2.22. The Morgan fingerprint density at radius 3 is 2.56 bits per heavy atom. The maximum Gasteiger partial charge on any atom is 0.344 e. The summed E-state index contributed by atoms with van der Waals surface area (Å²) in [6.07, 6.45) is 1.81. The van der Waals surface area contributed by atoms with Crippen LogP contribution in [0.3, 0.4) is 0 Å². The lowest BCUT2D eigenvalue weighted by molar-refractivity contribution is -0.138. The monoisotopic (exact) mass is 393 g/mol. The van der Waals surface area contributed by atoms with E-state index >= 15 is 0 Å². The Morgan fingerprint density at radius 1 is 1.22 bits per heavy atom. The van der Waals surface area contributed by atoms with Crippen molar-refractivity contribution in [2.45, 2.75) is 34.1 Å². The second-order valence-corrected chi connectivity index (χ2v) is 7.52. The lowest BCUT2D eigenvalue weighted by atomic mass is 10.1. The van der Waals surface area contributed by atoms with Crippen molar-refractivity contribution in [1.29, 1.82) is 0 Å². The van der Waals surface area contributed by atoms with E-state index in [1.54, 1.807) is 6.92 Å². The Bertz CT molecular complexity index is 919. The summed E-state index contributed by atoms with van der Waals surface area (Å²) in [7, 11) is -4.09. The number of aryl methyl sites for hydroxylation is 2. The molecule has 2 rings (SSSR count). The zero-order valence-electron chi connectivity index (χ0n) is 15.8. The molecule has 0 fully saturated rings. The van der Waals surface area contributed by atoms with Gasteiger partial charge in [0, 0.05) is 11.9 Å². The van der Waals surface area contributed by atoms with E-state index in [1.807, 2.05) is 32.0 Å². The van der Waals surface area contributed by atoms with E-state index in [9.17, 15) is 18.0 Å². The molecule has 146 valence electrons. The van der Waals surface area contributed by atoms with Crippen molar-refractivity contribution in [3.05, 3.63) is 41.1 Å². The van der Waals surface area contributed by atoms with Gasteiger partial charge in [0.25, 0.3) is 0 Å². The first-order chi connectivity index (χ1) is 12.7. The number of para-hydroxylation sites is 1. The van der Waals surface area contributed by atoms with Gasteiger partial charge in [-0.3, -0.25) is 4.79 Å². The molecule has 0 radical (unpaired) electrons. The number of nitrogens with zero attached hydrogens (tertiary/aromatic N) is 2. The minimum absolute atomic E-state index is 0.00427. The van der Waals surface area contributed by atoms with Crippen LogP contribution in [-0.2, 0) is 31.0 Å². The van der Waals surface area contributed by atoms with Crippen LogP contribution in [0.5, 0.6) is 0 Å². The number of ether oxygens (including phenoxy) is 1. The minimum Gasteiger partial charge on any atom is -0.462 e. The van der Waals surface area contributed by atoms with Gasteiger partial charge in [0.1, 0.15) is 6.54 Å². The van der Waals surface area contributed by atoms with E-state index in [1.165, 1.54) is 6.92 Å². The van der Waals surface area contributed by atoms with Crippen molar-refractivity contribution in [3.63, 3.8) is 0 Å². The fourth-order valence-electron chi connectivity index (χ4n) is 2.64. The highest BCUT2D eigenvalue weighted by atomic mass is 32.2. The van der Waals surface area contributed by atoms with E-state index in [0.29, 0.717) is 5.69 Å². The number of rotatable bonds is 6. The van der Waals surface area contributed by atoms with Crippen molar-refractivity contribution in [2.75, 3.05) is 18.5 Å². The third-order valence-corrected chi connectivity index (χ3v) is 5.34. The SMILES string of the molecule is CCOC(=O)C1=CN(CC(=O)Nc2c(C)cccc2CC)S(=O)(=O)N=C1C. The van der Waals surface area contributed by atoms with Gasteiger partial charge in [0.05, 0.1) is 17.9 Å². The van der Waals surface area contributed by atoms with Gasteiger partial charge in [0.2, 0.25) is 5.91 Å². The molecule has 0 bridgehead atoms. The smallest absolute Gasteiger partial charge is 0.344 e. The Hall–Kier alpha value is -2.68. The van der Waals surface area contributed by atoms with Crippen molar-refractivity contribution >= 4 is 33.5 Å². The zero-order chi connectivity index (χ0) is 20.2. The highest BCUT2D eigenvalue weighted by molar-refractivity contribution is 7.88. The lowest BCUT2D eigenvalue weighted by Crippen LogP contribution is -2.37. The first-order valence-electron chi connectivity index (χ1n) is 8.55. The molecule has 1 aliphatic rings. The molecule has 0 aliphatic carbocycles. The number of benzene rings is 1. The number of nitrogens with one attached hydrogen (secondary N) is 1. The van der Waals surface area contributed by atoms with Gasteiger partial charge in [-0.2, -0.15) is 8.42 Å². The second-order valence-electron chi connectivity index (χ2n) is 5.97.